The molecule has 1 N–H and O–H groups in total. The van der Waals surface area contributed by atoms with E-state index in [1.165, 1.54) is 38.9 Å². The van der Waals surface area contributed by atoms with Crippen LogP contribution in [0.25, 0.3) is 0 Å². The molecule has 0 bridgehead atoms. The van der Waals surface area contributed by atoms with Crippen molar-refractivity contribution in [3.8, 4) is 12.3 Å². The SMILES string of the molecule is C#CCCCCN1CCNC(CC)C1. The fourth-order valence-corrected chi connectivity index (χ4v) is 1.93. The van der Waals surface area contributed by atoms with Crippen LogP contribution in [0.1, 0.15) is 32.6 Å². The van der Waals surface area contributed by atoms with Gasteiger partial charge in [-0.25, -0.2) is 0 Å². The molecule has 14 heavy (non-hydrogen) atoms. The minimum Gasteiger partial charge on any atom is -0.311 e. The van der Waals surface area contributed by atoms with E-state index in [1.54, 1.807) is 0 Å². The topological polar surface area (TPSA) is 15.3 Å². The van der Waals surface area contributed by atoms with Crippen molar-refractivity contribution < 1.29 is 0 Å². The van der Waals surface area contributed by atoms with Crippen LogP contribution in [0, 0.1) is 12.3 Å². The fraction of sp³-hybridized carbons (Fsp3) is 0.833. The molecular formula is C12H22N2. The van der Waals surface area contributed by atoms with Crippen molar-refractivity contribution in [3.05, 3.63) is 0 Å². The summed E-state index contributed by atoms with van der Waals surface area (Å²) in [5, 5.41) is 3.53. The standard InChI is InChI=1S/C12H22N2/c1-3-5-6-7-9-14-10-8-13-12(4-2)11-14/h1,12-13H,4-11H2,2H3. The fourth-order valence-electron chi connectivity index (χ4n) is 1.93. The lowest BCUT2D eigenvalue weighted by Gasteiger charge is -2.33. The minimum atomic E-state index is 0.705. The third kappa shape index (κ3) is 4.13. The lowest BCUT2D eigenvalue weighted by molar-refractivity contribution is 0.194. The molecular weight excluding hydrogens is 172 g/mol. The summed E-state index contributed by atoms with van der Waals surface area (Å²) in [5.41, 5.74) is 0. The van der Waals surface area contributed by atoms with Crippen molar-refractivity contribution in [1.29, 1.82) is 0 Å². The van der Waals surface area contributed by atoms with Crippen LogP contribution >= 0.6 is 0 Å². The Morgan fingerprint density at radius 2 is 2.36 bits per heavy atom. The van der Waals surface area contributed by atoms with Crippen LogP contribution in [0.15, 0.2) is 0 Å². The molecule has 0 saturated carbocycles. The Bertz CT molecular complexity index is 183. The summed E-state index contributed by atoms with van der Waals surface area (Å²) in [5.74, 6) is 2.69. The lowest BCUT2D eigenvalue weighted by atomic mass is 10.1. The highest BCUT2D eigenvalue weighted by Gasteiger charge is 2.16. The molecule has 80 valence electrons. The Morgan fingerprint density at radius 3 is 3.07 bits per heavy atom. The Balaban J connectivity index is 2.08. The molecule has 0 aromatic carbocycles. The number of unbranched alkanes of at least 4 members (excludes halogenated alkanes) is 2. The van der Waals surface area contributed by atoms with Crippen LogP contribution < -0.4 is 5.32 Å². The Kier molecular flexibility index (Phi) is 5.66. The predicted molar refractivity (Wildman–Crippen MR) is 61.2 cm³/mol. The maximum atomic E-state index is 5.22. The second-order valence-electron chi connectivity index (χ2n) is 4.02. The molecule has 0 radical (unpaired) electrons. The van der Waals surface area contributed by atoms with E-state index in [1.807, 2.05) is 0 Å². The number of nitrogens with one attached hydrogen (secondary N) is 1. The van der Waals surface area contributed by atoms with Crippen LogP contribution in [0.3, 0.4) is 0 Å². The normalized spacial score (nSPS) is 23.3. The van der Waals surface area contributed by atoms with Gasteiger partial charge in [-0.3, -0.25) is 0 Å². The van der Waals surface area contributed by atoms with Gasteiger partial charge in [0.1, 0.15) is 0 Å². The van der Waals surface area contributed by atoms with Gasteiger partial charge in [0.05, 0.1) is 0 Å². The number of rotatable bonds is 5. The van der Waals surface area contributed by atoms with Crippen LogP contribution in [0.2, 0.25) is 0 Å². The number of piperazine rings is 1. The van der Waals surface area contributed by atoms with Gasteiger partial charge in [0, 0.05) is 32.1 Å². The quantitative estimate of drug-likeness (QED) is 0.527. The van der Waals surface area contributed by atoms with E-state index < -0.39 is 0 Å². The molecule has 1 saturated heterocycles. The van der Waals surface area contributed by atoms with Crippen molar-refractivity contribution in [2.75, 3.05) is 26.2 Å². The summed E-state index contributed by atoms with van der Waals surface area (Å²) in [6.07, 6.45) is 9.82. The number of terminal acetylenes is 1. The maximum Gasteiger partial charge on any atom is 0.0192 e. The highest BCUT2D eigenvalue weighted by Crippen LogP contribution is 2.04. The van der Waals surface area contributed by atoms with Gasteiger partial charge in [-0.1, -0.05) is 6.92 Å². The minimum absolute atomic E-state index is 0.705. The first-order chi connectivity index (χ1) is 6.86. The largest absolute Gasteiger partial charge is 0.311 e. The van der Waals surface area contributed by atoms with Crippen molar-refractivity contribution in [2.45, 2.75) is 38.6 Å². The highest BCUT2D eigenvalue weighted by molar-refractivity contribution is 4.83. The lowest BCUT2D eigenvalue weighted by Crippen LogP contribution is -2.50. The van der Waals surface area contributed by atoms with Crippen LogP contribution in [0.4, 0.5) is 0 Å². The van der Waals surface area contributed by atoms with Gasteiger partial charge in [-0.15, -0.1) is 12.3 Å². The average molecular weight is 194 g/mol. The smallest absolute Gasteiger partial charge is 0.0192 e. The van der Waals surface area contributed by atoms with Crippen LogP contribution in [-0.4, -0.2) is 37.1 Å². The molecule has 1 atom stereocenters. The molecule has 2 heteroatoms. The van der Waals surface area contributed by atoms with Gasteiger partial charge >= 0.3 is 0 Å². The van der Waals surface area contributed by atoms with E-state index in [-0.39, 0.29) is 0 Å². The first kappa shape index (κ1) is 11.6. The summed E-state index contributed by atoms with van der Waals surface area (Å²) in [6.45, 7) is 7.03. The van der Waals surface area contributed by atoms with Gasteiger partial charge in [-0.2, -0.15) is 0 Å². The van der Waals surface area contributed by atoms with Gasteiger partial charge in [0.25, 0.3) is 0 Å². The molecule has 0 aliphatic carbocycles. The molecule has 1 fully saturated rings. The molecule has 0 aromatic heterocycles. The van der Waals surface area contributed by atoms with Crippen molar-refractivity contribution in [2.24, 2.45) is 0 Å². The maximum absolute atomic E-state index is 5.22. The van der Waals surface area contributed by atoms with E-state index in [4.69, 9.17) is 6.42 Å². The summed E-state index contributed by atoms with van der Waals surface area (Å²) in [7, 11) is 0. The Morgan fingerprint density at radius 1 is 1.50 bits per heavy atom. The van der Waals surface area contributed by atoms with Crippen molar-refractivity contribution in [3.63, 3.8) is 0 Å². The highest BCUT2D eigenvalue weighted by atomic mass is 15.2. The summed E-state index contributed by atoms with van der Waals surface area (Å²) < 4.78 is 0. The molecule has 1 aliphatic heterocycles. The molecule has 1 heterocycles. The number of hydrogen-bond donors (Lipinski definition) is 1. The molecule has 1 rings (SSSR count). The predicted octanol–water partition coefficient (Wildman–Crippen LogP) is 1.47. The second-order valence-corrected chi connectivity index (χ2v) is 4.02. The van der Waals surface area contributed by atoms with Gasteiger partial charge in [-0.05, 0) is 25.8 Å². The zero-order chi connectivity index (χ0) is 10.2. The van der Waals surface area contributed by atoms with Gasteiger partial charge < -0.3 is 10.2 Å². The van der Waals surface area contributed by atoms with E-state index in [0.29, 0.717) is 6.04 Å². The van der Waals surface area contributed by atoms with E-state index in [2.05, 4.69) is 23.1 Å². The number of nitrogens with zero attached hydrogens (tertiary/aromatic N) is 1. The van der Waals surface area contributed by atoms with Gasteiger partial charge in [0.15, 0.2) is 0 Å². The van der Waals surface area contributed by atoms with Crippen LogP contribution in [-0.2, 0) is 0 Å². The molecule has 1 aliphatic rings. The van der Waals surface area contributed by atoms with Crippen molar-refractivity contribution in [1.82, 2.24) is 10.2 Å². The number of hydrogen-bond acceptors (Lipinski definition) is 2. The Hall–Kier alpha value is -0.520. The molecule has 0 amide bonds. The summed E-state index contributed by atoms with van der Waals surface area (Å²) >= 11 is 0. The summed E-state index contributed by atoms with van der Waals surface area (Å²) in [4.78, 5) is 2.56. The zero-order valence-electron chi connectivity index (χ0n) is 9.26. The summed E-state index contributed by atoms with van der Waals surface area (Å²) in [6, 6.07) is 0.705. The molecule has 2 nitrogen and oxygen atoms in total. The third-order valence-electron chi connectivity index (χ3n) is 2.88. The molecule has 0 spiro atoms. The first-order valence-electron chi connectivity index (χ1n) is 5.76. The van der Waals surface area contributed by atoms with Gasteiger partial charge in [0.2, 0.25) is 0 Å². The first-order valence-corrected chi connectivity index (χ1v) is 5.76. The second kappa shape index (κ2) is 6.86. The zero-order valence-corrected chi connectivity index (χ0v) is 9.26. The average Bonchev–Trinajstić information content (AvgIpc) is 2.25. The van der Waals surface area contributed by atoms with Crippen molar-refractivity contribution >= 4 is 0 Å². The third-order valence-corrected chi connectivity index (χ3v) is 2.88. The molecule has 0 aromatic rings. The Labute approximate surface area is 88.1 Å². The van der Waals surface area contributed by atoms with E-state index in [0.717, 1.165) is 13.0 Å². The molecule has 1 unspecified atom stereocenters. The van der Waals surface area contributed by atoms with E-state index >= 15 is 0 Å². The van der Waals surface area contributed by atoms with Crippen LogP contribution in [0.5, 0.6) is 0 Å². The monoisotopic (exact) mass is 194 g/mol. The van der Waals surface area contributed by atoms with E-state index in [9.17, 15) is 0 Å².